The SMILES string of the molecule is CC[C@@H](C)[C@H](NC(=O)[C@H](CC(C)C)NC(=O)[C@@H](CCC(=O)[O-])NC(=O)[C@H](CC(=O)[O-])NC(C)=O)C(=O)N[C@@H](CC1CCCCC1)C(=O)N[C@@H](CSC)C(=O)O. The first-order chi connectivity index (χ1) is 25.8. The maximum atomic E-state index is 13.9. The van der Waals surface area contributed by atoms with Crippen LogP contribution in [0.4, 0.5) is 0 Å². The number of rotatable bonds is 25. The minimum absolute atomic E-state index is 0.0332. The highest BCUT2D eigenvalue weighted by atomic mass is 32.2. The van der Waals surface area contributed by atoms with Gasteiger partial charge in [-0.15, -0.1) is 0 Å². The normalized spacial score (nSPS) is 16.9. The van der Waals surface area contributed by atoms with Crippen LogP contribution in [0.2, 0.25) is 0 Å². The van der Waals surface area contributed by atoms with Crippen molar-refractivity contribution >= 4 is 65.1 Å². The van der Waals surface area contributed by atoms with Gasteiger partial charge in [-0.05, 0) is 49.7 Å². The van der Waals surface area contributed by atoms with Crippen molar-refractivity contribution in [2.45, 2.75) is 141 Å². The van der Waals surface area contributed by atoms with Crippen LogP contribution in [-0.2, 0) is 43.2 Å². The summed E-state index contributed by atoms with van der Waals surface area (Å²) in [6.45, 7) is 8.04. The van der Waals surface area contributed by atoms with Crippen molar-refractivity contribution in [3.8, 4) is 0 Å². The van der Waals surface area contributed by atoms with Crippen LogP contribution < -0.4 is 42.1 Å². The predicted octanol–water partition coefficient (Wildman–Crippen LogP) is -1.90. The number of thioether (sulfide) groups is 1. The number of aliphatic carboxylic acids is 3. The van der Waals surface area contributed by atoms with Crippen LogP contribution in [0.3, 0.4) is 0 Å². The van der Waals surface area contributed by atoms with Crippen LogP contribution in [0.25, 0.3) is 0 Å². The summed E-state index contributed by atoms with van der Waals surface area (Å²) in [6.07, 6.45) is 4.88. The third-order valence-electron chi connectivity index (χ3n) is 9.34. The van der Waals surface area contributed by atoms with Gasteiger partial charge in [-0.1, -0.05) is 66.2 Å². The molecular weight excluding hydrogens is 740 g/mol. The third kappa shape index (κ3) is 18.6. The maximum Gasteiger partial charge on any atom is 0.327 e. The van der Waals surface area contributed by atoms with Crippen LogP contribution >= 0.6 is 11.8 Å². The number of hydrogen-bond donors (Lipinski definition) is 7. The molecule has 0 saturated heterocycles. The molecule has 312 valence electrons. The van der Waals surface area contributed by atoms with Gasteiger partial charge in [-0.25, -0.2) is 4.79 Å². The van der Waals surface area contributed by atoms with Crippen molar-refractivity contribution in [2.24, 2.45) is 17.8 Å². The molecule has 0 aliphatic heterocycles. The lowest BCUT2D eigenvalue weighted by molar-refractivity contribution is -0.307. The Morgan fingerprint density at radius 1 is 0.691 bits per heavy atom. The average Bonchev–Trinajstić information content (AvgIpc) is 3.10. The molecule has 0 aromatic rings. The first kappa shape index (κ1) is 48.6. The van der Waals surface area contributed by atoms with Gasteiger partial charge in [0.05, 0.1) is 0 Å². The Morgan fingerprint density at radius 3 is 1.73 bits per heavy atom. The van der Waals surface area contributed by atoms with Gasteiger partial charge in [0.25, 0.3) is 0 Å². The van der Waals surface area contributed by atoms with Gasteiger partial charge in [0.1, 0.15) is 36.3 Å². The summed E-state index contributed by atoms with van der Waals surface area (Å²) in [6, 6.07) is -8.07. The zero-order valence-corrected chi connectivity index (χ0v) is 33.3. The maximum absolute atomic E-state index is 13.9. The standard InChI is InChI=1S/C36H60N6O12S/c1-7-20(4)30(35(52)40-25(16-22-11-9-8-10-12-22)32(49)41-27(18-55-6)36(53)54)42-34(51)24(15-19(2)3)39-31(48)23(13-14-28(44)45)38-33(50)26(17-29(46)47)37-21(5)43/h19-20,22-27,30H,7-18H2,1-6H3,(H,37,43)(H,38,50)(H,39,48)(H,40,52)(H,41,49)(H,42,51)(H,44,45)(H,46,47)(H,53,54)/p-2/t20-,23-,24+,25+,26+,27+,30+/m1/s1. The van der Waals surface area contributed by atoms with Crippen LogP contribution in [0.1, 0.15) is 105 Å². The summed E-state index contributed by atoms with van der Waals surface area (Å²) in [5, 5.41) is 47.0. The van der Waals surface area contributed by atoms with Gasteiger partial charge in [0.2, 0.25) is 35.4 Å². The molecular formula is C36H58N6O12S-2. The van der Waals surface area contributed by atoms with E-state index in [1.165, 1.54) is 11.8 Å². The Bertz CT molecular complexity index is 1340. The molecule has 18 nitrogen and oxygen atoms in total. The molecule has 19 heteroatoms. The Balaban J connectivity index is 3.36. The van der Waals surface area contributed by atoms with Gasteiger partial charge >= 0.3 is 5.97 Å². The summed E-state index contributed by atoms with van der Waals surface area (Å²) < 4.78 is 0. The number of carbonyl (C=O) groups excluding carboxylic acids is 8. The van der Waals surface area contributed by atoms with Gasteiger partial charge < -0.3 is 56.8 Å². The van der Waals surface area contributed by atoms with Crippen molar-refractivity contribution in [3.05, 3.63) is 0 Å². The van der Waals surface area contributed by atoms with E-state index in [1.54, 1.807) is 34.0 Å². The van der Waals surface area contributed by atoms with Crippen molar-refractivity contribution in [1.29, 1.82) is 0 Å². The fraction of sp³-hybridized carbons (Fsp3) is 0.750. The Morgan fingerprint density at radius 2 is 1.22 bits per heavy atom. The average molecular weight is 799 g/mol. The summed E-state index contributed by atoms with van der Waals surface area (Å²) in [5.74, 6) is -9.96. The van der Waals surface area contributed by atoms with E-state index >= 15 is 0 Å². The molecule has 1 aliphatic carbocycles. The molecule has 1 rings (SSSR count). The fourth-order valence-corrected chi connectivity index (χ4v) is 6.78. The van der Waals surface area contributed by atoms with E-state index in [4.69, 9.17) is 0 Å². The summed E-state index contributed by atoms with van der Waals surface area (Å²) in [5.41, 5.74) is 0. The Hall–Kier alpha value is -4.42. The first-order valence-electron chi connectivity index (χ1n) is 18.7. The lowest BCUT2D eigenvalue weighted by Crippen LogP contribution is -2.61. The van der Waals surface area contributed by atoms with Crippen LogP contribution in [0, 0.1) is 17.8 Å². The van der Waals surface area contributed by atoms with Gasteiger partial charge in [0, 0.05) is 31.0 Å². The smallest absolute Gasteiger partial charge is 0.327 e. The monoisotopic (exact) mass is 798 g/mol. The van der Waals surface area contributed by atoms with E-state index < -0.39 is 115 Å². The second kappa shape index (κ2) is 24.9. The van der Waals surface area contributed by atoms with E-state index in [2.05, 4.69) is 31.9 Å². The number of carbonyl (C=O) groups is 9. The lowest BCUT2D eigenvalue weighted by atomic mass is 9.84. The van der Waals surface area contributed by atoms with Gasteiger partial charge in [-0.3, -0.25) is 28.8 Å². The molecule has 0 heterocycles. The second-order valence-electron chi connectivity index (χ2n) is 14.5. The second-order valence-corrected chi connectivity index (χ2v) is 15.4. The quantitative estimate of drug-likeness (QED) is 0.0532. The lowest BCUT2D eigenvalue weighted by Gasteiger charge is -2.31. The van der Waals surface area contributed by atoms with Crippen LogP contribution in [0.15, 0.2) is 0 Å². The Labute approximate surface area is 326 Å². The molecule has 6 amide bonds. The summed E-state index contributed by atoms with van der Waals surface area (Å²) >= 11 is 1.24. The van der Waals surface area contributed by atoms with Crippen LogP contribution in [-0.4, -0.2) is 107 Å². The minimum atomic E-state index is -1.68. The number of carboxylic acids is 3. The molecule has 0 unspecified atom stereocenters. The largest absolute Gasteiger partial charge is 0.550 e. The molecule has 55 heavy (non-hydrogen) atoms. The zero-order valence-electron chi connectivity index (χ0n) is 32.5. The molecule has 1 fully saturated rings. The Kier molecular flexibility index (Phi) is 22.0. The summed E-state index contributed by atoms with van der Waals surface area (Å²) in [4.78, 5) is 114. The van der Waals surface area contributed by atoms with Crippen molar-refractivity contribution in [3.63, 3.8) is 0 Å². The number of carboxylic acid groups (broad SMARTS) is 3. The molecule has 0 spiro atoms. The zero-order chi connectivity index (χ0) is 41.8. The number of amides is 6. The van der Waals surface area contributed by atoms with Crippen molar-refractivity contribution < 1.29 is 58.5 Å². The highest BCUT2D eigenvalue weighted by Gasteiger charge is 2.36. The van der Waals surface area contributed by atoms with Crippen LogP contribution in [0.5, 0.6) is 0 Å². The van der Waals surface area contributed by atoms with E-state index in [0.29, 0.717) is 6.42 Å². The predicted molar refractivity (Wildman–Crippen MR) is 197 cm³/mol. The number of hydrogen-bond acceptors (Lipinski definition) is 12. The van der Waals surface area contributed by atoms with E-state index in [1.807, 2.05) is 0 Å². The van der Waals surface area contributed by atoms with Gasteiger partial charge in [0.15, 0.2) is 0 Å². The summed E-state index contributed by atoms with van der Waals surface area (Å²) in [7, 11) is 0. The number of nitrogens with one attached hydrogen (secondary N) is 6. The first-order valence-corrected chi connectivity index (χ1v) is 20.1. The topological polar surface area (TPSA) is 292 Å². The van der Waals surface area contributed by atoms with Crippen molar-refractivity contribution in [2.75, 3.05) is 12.0 Å². The third-order valence-corrected chi connectivity index (χ3v) is 10.0. The minimum Gasteiger partial charge on any atom is -0.550 e. The molecule has 7 N–H and O–H groups in total. The molecule has 0 bridgehead atoms. The molecule has 1 aliphatic rings. The fourth-order valence-electron chi connectivity index (χ4n) is 6.22. The van der Waals surface area contributed by atoms with E-state index in [9.17, 15) is 58.5 Å². The van der Waals surface area contributed by atoms with Gasteiger partial charge in [-0.2, -0.15) is 11.8 Å². The molecule has 7 atom stereocenters. The molecule has 0 aromatic carbocycles. The molecule has 0 aromatic heterocycles. The molecule has 0 radical (unpaired) electrons. The van der Waals surface area contributed by atoms with Crippen molar-refractivity contribution in [1.82, 2.24) is 31.9 Å². The molecule has 1 saturated carbocycles. The van der Waals surface area contributed by atoms with E-state index in [0.717, 1.165) is 39.0 Å². The van der Waals surface area contributed by atoms with E-state index in [-0.39, 0.29) is 30.4 Å². The highest BCUT2D eigenvalue weighted by Crippen LogP contribution is 2.27. The highest BCUT2D eigenvalue weighted by molar-refractivity contribution is 7.98.